The number of benzene rings is 1. The number of rotatable bonds is 5. The van der Waals surface area contributed by atoms with Gasteiger partial charge >= 0.3 is 0 Å². The van der Waals surface area contributed by atoms with Crippen molar-refractivity contribution in [2.75, 3.05) is 19.6 Å². The summed E-state index contributed by atoms with van der Waals surface area (Å²) in [6.45, 7) is 4.45. The molecule has 1 atom stereocenters. The molecule has 106 valence electrons. The van der Waals surface area contributed by atoms with Crippen LogP contribution in [0.3, 0.4) is 0 Å². The Bertz CT molecular complexity index is 481. The van der Waals surface area contributed by atoms with Crippen LogP contribution < -0.4 is 5.32 Å². The molecule has 1 saturated carbocycles. The molecule has 0 aromatic heterocycles. The first-order chi connectivity index (χ1) is 9.86. The van der Waals surface area contributed by atoms with Crippen LogP contribution >= 0.6 is 0 Å². The Morgan fingerprint density at radius 2 is 2.10 bits per heavy atom. The maximum atomic E-state index is 9.23. The summed E-state index contributed by atoms with van der Waals surface area (Å²) in [4.78, 5) is 2.60. The number of nitrogens with zero attached hydrogens (tertiary/aromatic N) is 2. The molecule has 1 aliphatic carbocycles. The van der Waals surface area contributed by atoms with Crippen LogP contribution in [0.5, 0.6) is 0 Å². The number of nitrogens with one attached hydrogen (secondary N) is 1. The minimum atomic E-state index is 0.753. The number of hydrogen-bond acceptors (Lipinski definition) is 3. The first kappa shape index (κ1) is 13.6. The van der Waals surface area contributed by atoms with Crippen LogP contribution in [-0.4, -0.2) is 30.6 Å². The fraction of sp³-hybridized carbons (Fsp3) is 0.588. The van der Waals surface area contributed by atoms with Gasteiger partial charge < -0.3 is 5.32 Å². The second-order valence-corrected chi connectivity index (χ2v) is 6.14. The monoisotopic (exact) mass is 269 g/mol. The van der Waals surface area contributed by atoms with Gasteiger partial charge in [-0.1, -0.05) is 18.2 Å². The summed E-state index contributed by atoms with van der Waals surface area (Å²) in [5, 5.41) is 12.7. The van der Waals surface area contributed by atoms with Gasteiger partial charge in [-0.15, -0.1) is 0 Å². The Labute approximate surface area is 121 Å². The van der Waals surface area contributed by atoms with E-state index in [0.717, 1.165) is 30.6 Å². The molecular weight excluding hydrogens is 246 g/mol. The smallest absolute Gasteiger partial charge is 0.0995 e. The van der Waals surface area contributed by atoms with Gasteiger partial charge in [0.1, 0.15) is 0 Å². The van der Waals surface area contributed by atoms with E-state index in [1.54, 1.807) is 0 Å². The van der Waals surface area contributed by atoms with Crippen molar-refractivity contribution in [1.29, 1.82) is 5.26 Å². The van der Waals surface area contributed by atoms with Crippen molar-refractivity contribution in [2.45, 2.75) is 38.3 Å². The molecule has 1 heterocycles. The van der Waals surface area contributed by atoms with Crippen molar-refractivity contribution in [3.05, 3.63) is 35.4 Å². The van der Waals surface area contributed by atoms with E-state index < -0.39 is 0 Å². The molecule has 1 saturated heterocycles. The maximum Gasteiger partial charge on any atom is 0.0995 e. The molecule has 2 fully saturated rings. The first-order valence-electron chi connectivity index (χ1n) is 7.79. The zero-order valence-electron chi connectivity index (χ0n) is 12.0. The topological polar surface area (TPSA) is 39.1 Å². The highest BCUT2D eigenvalue weighted by molar-refractivity contribution is 5.37. The molecule has 3 heteroatoms. The quantitative estimate of drug-likeness (QED) is 0.892. The average molecular weight is 269 g/mol. The van der Waals surface area contributed by atoms with Gasteiger partial charge in [0.2, 0.25) is 0 Å². The normalized spacial score (nSPS) is 22.7. The lowest BCUT2D eigenvalue weighted by Crippen LogP contribution is -2.39. The van der Waals surface area contributed by atoms with Gasteiger partial charge in [0.15, 0.2) is 0 Å². The van der Waals surface area contributed by atoms with Crippen molar-refractivity contribution in [1.82, 2.24) is 10.2 Å². The molecule has 1 unspecified atom stereocenters. The van der Waals surface area contributed by atoms with Crippen LogP contribution in [0, 0.1) is 17.2 Å². The minimum absolute atomic E-state index is 0.753. The lowest BCUT2D eigenvalue weighted by Gasteiger charge is -2.30. The lowest BCUT2D eigenvalue weighted by atomic mass is 9.98. The summed E-state index contributed by atoms with van der Waals surface area (Å²) < 4.78 is 0. The van der Waals surface area contributed by atoms with Crippen molar-refractivity contribution in [2.24, 2.45) is 5.92 Å². The van der Waals surface area contributed by atoms with E-state index in [1.807, 2.05) is 18.2 Å². The Morgan fingerprint density at radius 1 is 1.25 bits per heavy atom. The second-order valence-electron chi connectivity index (χ2n) is 6.14. The van der Waals surface area contributed by atoms with E-state index >= 15 is 0 Å². The zero-order chi connectivity index (χ0) is 13.8. The number of hydrogen-bond donors (Lipinski definition) is 1. The Hall–Kier alpha value is -1.37. The molecule has 3 rings (SSSR count). The fourth-order valence-corrected chi connectivity index (χ4v) is 3.18. The summed E-state index contributed by atoms with van der Waals surface area (Å²) >= 11 is 0. The molecule has 20 heavy (non-hydrogen) atoms. The van der Waals surface area contributed by atoms with E-state index in [-0.39, 0.29) is 0 Å². The van der Waals surface area contributed by atoms with Crippen molar-refractivity contribution >= 4 is 0 Å². The SMILES string of the molecule is N#Cc1ccccc1CN(CC1CCCNC1)C1CC1. The van der Waals surface area contributed by atoms with E-state index in [4.69, 9.17) is 0 Å². The third kappa shape index (κ3) is 3.39. The summed E-state index contributed by atoms with van der Waals surface area (Å²) in [7, 11) is 0. The van der Waals surface area contributed by atoms with Gasteiger partial charge in [-0.2, -0.15) is 5.26 Å². The number of nitriles is 1. The first-order valence-corrected chi connectivity index (χ1v) is 7.79. The van der Waals surface area contributed by atoms with Gasteiger partial charge in [-0.25, -0.2) is 0 Å². The van der Waals surface area contributed by atoms with Crippen LogP contribution in [-0.2, 0) is 6.54 Å². The summed E-state index contributed by atoms with van der Waals surface area (Å²) in [6.07, 6.45) is 5.30. The average Bonchev–Trinajstić information content (AvgIpc) is 3.33. The summed E-state index contributed by atoms with van der Waals surface area (Å²) in [5.74, 6) is 0.776. The predicted molar refractivity (Wildman–Crippen MR) is 80.2 cm³/mol. The van der Waals surface area contributed by atoms with Gasteiger partial charge in [0.25, 0.3) is 0 Å². The molecule has 1 N–H and O–H groups in total. The second kappa shape index (κ2) is 6.39. The lowest BCUT2D eigenvalue weighted by molar-refractivity contribution is 0.192. The molecule has 0 spiro atoms. The Balaban J connectivity index is 1.66. The van der Waals surface area contributed by atoms with E-state index in [0.29, 0.717) is 0 Å². The molecule has 0 bridgehead atoms. The van der Waals surface area contributed by atoms with Gasteiger partial charge in [-0.3, -0.25) is 4.90 Å². The van der Waals surface area contributed by atoms with Crippen molar-refractivity contribution < 1.29 is 0 Å². The molecule has 1 aliphatic heterocycles. The van der Waals surface area contributed by atoms with Crippen LogP contribution in [0.25, 0.3) is 0 Å². The molecular formula is C17H23N3. The molecule has 1 aromatic carbocycles. The van der Waals surface area contributed by atoms with E-state index in [1.165, 1.54) is 44.3 Å². The van der Waals surface area contributed by atoms with Crippen molar-refractivity contribution in [3.8, 4) is 6.07 Å². The van der Waals surface area contributed by atoms with Gasteiger partial charge in [0.05, 0.1) is 11.6 Å². The summed E-state index contributed by atoms with van der Waals surface area (Å²) in [5.41, 5.74) is 2.02. The fourth-order valence-electron chi connectivity index (χ4n) is 3.18. The van der Waals surface area contributed by atoms with Crippen LogP contribution in [0.1, 0.15) is 36.8 Å². The summed E-state index contributed by atoms with van der Waals surface area (Å²) in [6, 6.07) is 11.1. The van der Waals surface area contributed by atoms with Gasteiger partial charge in [0, 0.05) is 19.1 Å². The maximum absolute atomic E-state index is 9.23. The Kier molecular flexibility index (Phi) is 4.34. The molecule has 3 nitrogen and oxygen atoms in total. The van der Waals surface area contributed by atoms with E-state index in [9.17, 15) is 5.26 Å². The van der Waals surface area contributed by atoms with Crippen LogP contribution in [0.15, 0.2) is 24.3 Å². The van der Waals surface area contributed by atoms with Crippen LogP contribution in [0.4, 0.5) is 0 Å². The standard InChI is InChI=1S/C17H23N3/c18-10-15-5-1-2-6-16(15)13-20(17-7-8-17)12-14-4-3-9-19-11-14/h1-2,5-6,14,17,19H,3-4,7-9,11-13H2. The highest BCUT2D eigenvalue weighted by Crippen LogP contribution is 2.30. The highest BCUT2D eigenvalue weighted by atomic mass is 15.2. The largest absolute Gasteiger partial charge is 0.316 e. The third-order valence-electron chi connectivity index (χ3n) is 4.47. The van der Waals surface area contributed by atoms with Gasteiger partial charge in [-0.05, 0) is 56.3 Å². The third-order valence-corrected chi connectivity index (χ3v) is 4.47. The molecule has 1 aromatic rings. The minimum Gasteiger partial charge on any atom is -0.316 e. The van der Waals surface area contributed by atoms with Crippen LogP contribution in [0.2, 0.25) is 0 Å². The Morgan fingerprint density at radius 3 is 2.80 bits per heavy atom. The molecule has 2 aliphatic rings. The predicted octanol–water partition coefficient (Wildman–Crippen LogP) is 2.52. The molecule has 0 radical (unpaired) electrons. The van der Waals surface area contributed by atoms with Crippen molar-refractivity contribution in [3.63, 3.8) is 0 Å². The highest BCUT2D eigenvalue weighted by Gasteiger charge is 2.31. The zero-order valence-corrected chi connectivity index (χ0v) is 12.0. The van der Waals surface area contributed by atoms with E-state index in [2.05, 4.69) is 22.4 Å². The number of piperidine rings is 1. The molecule has 0 amide bonds.